The van der Waals surface area contributed by atoms with Crippen molar-refractivity contribution in [3.63, 3.8) is 0 Å². The second kappa shape index (κ2) is 7.51. The van der Waals surface area contributed by atoms with Gasteiger partial charge in [-0.25, -0.2) is 0 Å². The van der Waals surface area contributed by atoms with Crippen LogP contribution in [0.5, 0.6) is 11.5 Å². The molecule has 7 heteroatoms. The number of benzene rings is 2. The van der Waals surface area contributed by atoms with Crippen LogP contribution in [0.1, 0.15) is 23.7 Å². The molecule has 1 heterocycles. The third kappa shape index (κ3) is 2.99. The minimum atomic E-state index is -0.336. The summed E-state index contributed by atoms with van der Waals surface area (Å²) in [5, 5.41) is 2.82. The van der Waals surface area contributed by atoms with Gasteiger partial charge >= 0.3 is 0 Å². The van der Waals surface area contributed by atoms with Crippen molar-refractivity contribution >= 4 is 29.1 Å². The van der Waals surface area contributed by atoms with Gasteiger partial charge in [0.2, 0.25) is 11.8 Å². The number of nitrogens with one attached hydrogen (secondary N) is 1. The maximum Gasteiger partial charge on any atom is 0.255 e. The summed E-state index contributed by atoms with van der Waals surface area (Å²) in [5.41, 5.74) is 2.61. The number of imide groups is 1. The molecule has 2 aromatic rings. The van der Waals surface area contributed by atoms with Gasteiger partial charge in [-0.05, 0) is 61.6 Å². The minimum absolute atomic E-state index is 0.127. The summed E-state index contributed by atoms with van der Waals surface area (Å²) >= 11 is 0. The van der Waals surface area contributed by atoms with Crippen LogP contribution < -0.4 is 19.7 Å². The fraction of sp³-hybridized carbons (Fsp3) is 0.320. The van der Waals surface area contributed by atoms with Crippen LogP contribution in [-0.2, 0) is 9.59 Å². The average Bonchev–Trinajstić information content (AvgIpc) is 3.44. The van der Waals surface area contributed by atoms with Gasteiger partial charge in [0, 0.05) is 11.6 Å². The molecule has 3 aliphatic rings. The molecule has 1 saturated carbocycles. The number of rotatable bonds is 5. The molecule has 1 N–H and O–H groups in total. The zero-order chi connectivity index (χ0) is 22.6. The molecule has 7 nitrogen and oxygen atoms in total. The summed E-state index contributed by atoms with van der Waals surface area (Å²) in [4.78, 5) is 40.2. The van der Waals surface area contributed by atoms with E-state index in [1.54, 1.807) is 49.6 Å². The predicted molar refractivity (Wildman–Crippen MR) is 119 cm³/mol. The third-order valence-corrected chi connectivity index (χ3v) is 6.92. The molecule has 0 spiro atoms. The molecule has 2 aromatic carbocycles. The molecule has 5 rings (SSSR count). The van der Waals surface area contributed by atoms with Gasteiger partial charge < -0.3 is 14.8 Å². The Balaban J connectivity index is 1.35. The van der Waals surface area contributed by atoms with Gasteiger partial charge in [-0.15, -0.1) is 0 Å². The predicted octanol–water partition coefficient (Wildman–Crippen LogP) is 3.66. The van der Waals surface area contributed by atoms with Gasteiger partial charge in [-0.1, -0.05) is 11.6 Å². The van der Waals surface area contributed by atoms with Gasteiger partial charge in [0.15, 0.2) is 0 Å². The summed E-state index contributed by atoms with van der Waals surface area (Å²) < 4.78 is 10.5. The molecule has 2 fully saturated rings. The Morgan fingerprint density at radius 1 is 1.00 bits per heavy atom. The zero-order valence-corrected chi connectivity index (χ0v) is 18.1. The second-order valence-corrected chi connectivity index (χ2v) is 8.55. The van der Waals surface area contributed by atoms with Gasteiger partial charge in [-0.2, -0.15) is 0 Å². The Labute approximate surface area is 186 Å². The molecule has 2 aliphatic carbocycles. The zero-order valence-electron chi connectivity index (χ0n) is 18.1. The molecule has 4 atom stereocenters. The Bertz CT molecular complexity index is 1150. The number of fused-ring (bicyclic) bond motifs is 5. The molecule has 2 bridgehead atoms. The lowest BCUT2D eigenvalue weighted by Gasteiger charge is -2.19. The summed E-state index contributed by atoms with van der Waals surface area (Å²) in [6, 6.07) is 11.7. The summed E-state index contributed by atoms with van der Waals surface area (Å²) in [6.45, 7) is 2.05. The number of allylic oxidation sites excluding steroid dienone is 2. The normalized spacial score (nSPS) is 25.6. The quantitative estimate of drug-likeness (QED) is 0.576. The van der Waals surface area contributed by atoms with E-state index >= 15 is 0 Å². The van der Waals surface area contributed by atoms with Crippen molar-refractivity contribution in [2.45, 2.75) is 13.3 Å². The van der Waals surface area contributed by atoms with Crippen LogP contribution in [0, 0.1) is 23.7 Å². The SMILES string of the molecule is COc1ccc(OC)c(NC(=O)c2ccc(N3C(=O)[C@@H]4[C@H](C3=O)[C@H]3C=C(C)[C@H]4C3)cc2)c1. The second-order valence-electron chi connectivity index (χ2n) is 8.55. The lowest BCUT2D eigenvalue weighted by molar-refractivity contribution is -0.123. The van der Waals surface area contributed by atoms with E-state index in [2.05, 4.69) is 11.4 Å². The van der Waals surface area contributed by atoms with Crippen molar-refractivity contribution in [1.29, 1.82) is 0 Å². The van der Waals surface area contributed by atoms with Crippen molar-refractivity contribution in [1.82, 2.24) is 0 Å². The number of hydrogen-bond donors (Lipinski definition) is 1. The van der Waals surface area contributed by atoms with Crippen molar-refractivity contribution in [3.8, 4) is 11.5 Å². The number of amides is 3. The van der Waals surface area contributed by atoms with Crippen molar-refractivity contribution < 1.29 is 23.9 Å². The highest BCUT2D eigenvalue weighted by Crippen LogP contribution is 2.55. The smallest absolute Gasteiger partial charge is 0.255 e. The molecule has 0 unspecified atom stereocenters. The van der Waals surface area contributed by atoms with Crippen LogP contribution in [-0.4, -0.2) is 31.9 Å². The van der Waals surface area contributed by atoms with E-state index in [4.69, 9.17) is 9.47 Å². The average molecular weight is 432 g/mol. The topological polar surface area (TPSA) is 84.9 Å². The third-order valence-electron chi connectivity index (χ3n) is 6.92. The van der Waals surface area contributed by atoms with Gasteiger partial charge in [-0.3, -0.25) is 19.3 Å². The highest BCUT2D eigenvalue weighted by molar-refractivity contribution is 6.23. The van der Waals surface area contributed by atoms with Gasteiger partial charge in [0.05, 0.1) is 37.4 Å². The Hall–Kier alpha value is -3.61. The van der Waals surface area contributed by atoms with Crippen LogP contribution >= 0.6 is 0 Å². The van der Waals surface area contributed by atoms with E-state index in [9.17, 15) is 14.4 Å². The monoisotopic (exact) mass is 432 g/mol. The van der Waals surface area contributed by atoms with Gasteiger partial charge in [0.1, 0.15) is 11.5 Å². The first kappa shape index (κ1) is 20.3. The van der Waals surface area contributed by atoms with Crippen molar-refractivity contribution in [2.75, 3.05) is 24.4 Å². The van der Waals surface area contributed by atoms with Crippen LogP contribution in [0.3, 0.4) is 0 Å². The van der Waals surface area contributed by atoms with E-state index in [1.807, 2.05) is 6.92 Å². The number of hydrogen-bond acceptors (Lipinski definition) is 5. The highest BCUT2D eigenvalue weighted by atomic mass is 16.5. The molecular formula is C25H24N2O5. The number of carbonyl (C=O) groups is 3. The largest absolute Gasteiger partial charge is 0.497 e. The Kier molecular flexibility index (Phi) is 4.77. The summed E-state index contributed by atoms with van der Waals surface area (Å²) in [5.74, 6) is 0.343. The summed E-state index contributed by atoms with van der Waals surface area (Å²) in [7, 11) is 3.07. The van der Waals surface area contributed by atoms with Crippen molar-refractivity contribution in [3.05, 3.63) is 59.7 Å². The lowest BCUT2D eigenvalue weighted by Crippen LogP contribution is -2.33. The van der Waals surface area contributed by atoms with E-state index < -0.39 is 0 Å². The number of nitrogens with zero attached hydrogens (tertiary/aromatic N) is 1. The molecular weight excluding hydrogens is 408 g/mol. The number of ether oxygens (including phenoxy) is 2. The van der Waals surface area contributed by atoms with E-state index in [0.29, 0.717) is 28.4 Å². The molecule has 1 aliphatic heterocycles. The molecule has 32 heavy (non-hydrogen) atoms. The first-order valence-corrected chi connectivity index (χ1v) is 10.6. The van der Waals surface area contributed by atoms with Gasteiger partial charge in [0.25, 0.3) is 5.91 Å². The Morgan fingerprint density at radius 3 is 2.41 bits per heavy atom. The molecule has 164 valence electrons. The lowest BCUT2D eigenvalue weighted by atomic mass is 9.82. The van der Waals surface area contributed by atoms with E-state index in [1.165, 1.54) is 17.6 Å². The number of carbonyl (C=O) groups excluding carboxylic acids is 3. The fourth-order valence-electron chi connectivity index (χ4n) is 5.40. The molecule has 0 aromatic heterocycles. The highest BCUT2D eigenvalue weighted by Gasteiger charge is 2.60. The van der Waals surface area contributed by atoms with E-state index in [-0.39, 0.29) is 41.4 Å². The number of methoxy groups -OCH3 is 2. The molecule has 1 saturated heterocycles. The fourth-order valence-corrected chi connectivity index (χ4v) is 5.40. The van der Waals surface area contributed by atoms with Crippen molar-refractivity contribution in [2.24, 2.45) is 23.7 Å². The maximum atomic E-state index is 13.1. The van der Waals surface area contributed by atoms with Crippen LogP contribution in [0.25, 0.3) is 0 Å². The number of anilines is 2. The van der Waals surface area contributed by atoms with Crippen LogP contribution in [0.2, 0.25) is 0 Å². The standard InChI is InChI=1S/C25H24N2O5/c1-13-10-15-11-18(13)22-21(15)24(29)27(25(22)30)16-6-4-14(5-7-16)23(28)26-19-12-17(31-2)8-9-20(19)32-3/h4-10,12,15,18,21-22H,11H2,1-3H3,(H,26,28)/t15-,18+,21+,22-/m0/s1. The van der Waals surface area contributed by atoms with Crippen LogP contribution in [0.15, 0.2) is 54.1 Å². The molecule has 3 amide bonds. The first-order chi connectivity index (χ1) is 15.4. The maximum absolute atomic E-state index is 13.1. The van der Waals surface area contributed by atoms with Crippen LogP contribution in [0.4, 0.5) is 11.4 Å². The van der Waals surface area contributed by atoms with E-state index in [0.717, 1.165) is 6.42 Å². The minimum Gasteiger partial charge on any atom is -0.497 e. The summed E-state index contributed by atoms with van der Waals surface area (Å²) in [6.07, 6.45) is 3.06. The Morgan fingerprint density at radius 2 is 1.72 bits per heavy atom. The first-order valence-electron chi connectivity index (χ1n) is 10.6. The molecule has 0 radical (unpaired) electrons.